The summed E-state index contributed by atoms with van der Waals surface area (Å²) in [5.41, 5.74) is 5.82. The highest BCUT2D eigenvalue weighted by Gasteiger charge is 2.21. The molecule has 5 N–H and O–H groups in total. The Morgan fingerprint density at radius 1 is 1.33 bits per heavy atom. The number of nitrogens with two attached hydrogens (primary N) is 1. The van der Waals surface area contributed by atoms with E-state index in [9.17, 15) is 4.79 Å². The number of hydrogen-bond acceptors (Lipinski definition) is 6. The van der Waals surface area contributed by atoms with E-state index in [4.69, 9.17) is 10.8 Å². The Kier molecular flexibility index (Phi) is 6.25. The fraction of sp³-hybridized carbons (Fsp3) is 0.714. The highest BCUT2D eigenvalue weighted by Crippen LogP contribution is 2.29. The second-order valence-electron chi connectivity index (χ2n) is 5.40. The zero-order chi connectivity index (χ0) is 15.1. The molecule has 0 saturated heterocycles. The summed E-state index contributed by atoms with van der Waals surface area (Å²) in [5.74, 6) is 0.161. The lowest BCUT2D eigenvalue weighted by molar-refractivity contribution is 0.0957. The van der Waals surface area contributed by atoms with Gasteiger partial charge in [0.15, 0.2) is 5.13 Å². The Labute approximate surface area is 129 Å². The maximum absolute atomic E-state index is 12.0. The van der Waals surface area contributed by atoms with E-state index in [2.05, 4.69) is 15.6 Å². The molecule has 0 aliphatic heterocycles. The van der Waals surface area contributed by atoms with Crippen molar-refractivity contribution in [2.45, 2.75) is 51.0 Å². The first-order valence-corrected chi connectivity index (χ1v) is 8.44. The fourth-order valence-electron chi connectivity index (χ4n) is 2.16. The molecule has 0 atom stereocenters. The lowest BCUT2D eigenvalue weighted by Gasteiger charge is -2.25. The zero-order valence-electron chi connectivity index (χ0n) is 12.2. The number of anilines is 2. The number of aliphatic hydroxyl groups excluding tert-OH is 1. The summed E-state index contributed by atoms with van der Waals surface area (Å²) in [4.78, 5) is 16.8. The van der Waals surface area contributed by atoms with Crippen LogP contribution >= 0.6 is 11.3 Å². The van der Waals surface area contributed by atoms with Crippen LogP contribution < -0.4 is 16.4 Å². The van der Waals surface area contributed by atoms with Crippen molar-refractivity contribution >= 4 is 28.2 Å². The number of aromatic nitrogens is 1. The van der Waals surface area contributed by atoms with Crippen molar-refractivity contribution in [3.8, 4) is 0 Å². The van der Waals surface area contributed by atoms with Gasteiger partial charge in [0.05, 0.1) is 0 Å². The lowest BCUT2D eigenvalue weighted by Crippen LogP contribution is -2.26. The highest BCUT2D eigenvalue weighted by molar-refractivity contribution is 7.18. The standard InChI is InChI=1S/C14H24N4O2S/c15-12-11(13(20)16-8-3-1-2-4-9-19)21-14(18-12)17-10-6-5-7-10/h10,19H,1-9,15H2,(H,16,20)(H,17,18). The summed E-state index contributed by atoms with van der Waals surface area (Å²) < 4.78 is 0. The number of nitrogen functional groups attached to an aromatic ring is 1. The lowest BCUT2D eigenvalue weighted by atomic mass is 9.93. The van der Waals surface area contributed by atoms with Gasteiger partial charge in [-0.1, -0.05) is 24.2 Å². The molecule has 1 aromatic rings. The highest BCUT2D eigenvalue weighted by atomic mass is 32.1. The normalized spacial score (nSPS) is 14.7. The van der Waals surface area contributed by atoms with Crippen LogP contribution in [0.3, 0.4) is 0 Å². The third-order valence-corrected chi connectivity index (χ3v) is 4.66. The summed E-state index contributed by atoms with van der Waals surface area (Å²) in [6, 6.07) is 0.484. The molecule has 0 unspecified atom stereocenters. The molecule has 1 amide bonds. The average Bonchev–Trinajstić information content (AvgIpc) is 2.79. The second-order valence-corrected chi connectivity index (χ2v) is 6.40. The van der Waals surface area contributed by atoms with E-state index in [1.807, 2.05) is 0 Å². The zero-order valence-corrected chi connectivity index (χ0v) is 13.0. The Morgan fingerprint density at radius 2 is 2.10 bits per heavy atom. The summed E-state index contributed by atoms with van der Waals surface area (Å²) in [6.45, 7) is 0.869. The van der Waals surface area contributed by atoms with E-state index >= 15 is 0 Å². The van der Waals surface area contributed by atoms with Gasteiger partial charge in [-0.3, -0.25) is 4.79 Å². The number of carbonyl (C=O) groups is 1. The molecule has 1 aliphatic carbocycles. The average molecular weight is 312 g/mol. The van der Waals surface area contributed by atoms with E-state index < -0.39 is 0 Å². The maximum Gasteiger partial charge on any atom is 0.265 e. The largest absolute Gasteiger partial charge is 0.396 e. The quantitative estimate of drug-likeness (QED) is 0.522. The number of nitrogens with one attached hydrogen (secondary N) is 2. The molecule has 118 valence electrons. The van der Waals surface area contributed by atoms with Gasteiger partial charge in [-0.15, -0.1) is 0 Å². The molecular weight excluding hydrogens is 288 g/mol. The topological polar surface area (TPSA) is 100 Å². The Bertz CT molecular complexity index is 460. The van der Waals surface area contributed by atoms with Gasteiger partial charge in [-0.05, 0) is 32.1 Å². The van der Waals surface area contributed by atoms with Gasteiger partial charge in [0.2, 0.25) is 0 Å². The van der Waals surface area contributed by atoms with Crippen LogP contribution in [0.5, 0.6) is 0 Å². The van der Waals surface area contributed by atoms with Gasteiger partial charge in [-0.2, -0.15) is 0 Å². The van der Waals surface area contributed by atoms with Crippen molar-refractivity contribution in [3.05, 3.63) is 4.88 Å². The Morgan fingerprint density at radius 3 is 2.76 bits per heavy atom. The molecule has 1 saturated carbocycles. The number of hydrogen-bond donors (Lipinski definition) is 4. The van der Waals surface area contributed by atoms with Gasteiger partial charge >= 0.3 is 0 Å². The SMILES string of the molecule is Nc1nc(NC2CCC2)sc1C(=O)NCCCCCCO. The monoisotopic (exact) mass is 312 g/mol. The van der Waals surface area contributed by atoms with E-state index in [-0.39, 0.29) is 12.5 Å². The van der Waals surface area contributed by atoms with Gasteiger partial charge in [0.1, 0.15) is 10.7 Å². The van der Waals surface area contributed by atoms with Gasteiger partial charge in [0.25, 0.3) is 5.91 Å². The summed E-state index contributed by atoms with van der Waals surface area (Å²) in [6.07, 6.45) is 7.31. The third kappa shape index (κ3) is 4.86. The first kappa shape index (κ1) is 16.0. The number of nitrogens with zero attached hydrogens (tertiary/aromatic N) is 1. The summed E-state index contributed by atoms with van der Waals surface area (Å²) in [7, 11) is 0. The van der Waals surface area contributed by atoms with Crippen LogP contribution in [0.1, 0.15) is 54.6 Å². The molecule has 1 heterocycles. The molecule has 1 aliphatic rings. The molecule has 0 aromatic carbocycles. The van der Waals surface area contributed by atoms with Crippen LogP contribution in [-0.2, 0) is 0 Å². The minimum Gasteiger partial charge on any atom is -0.396 e. The van der Waals surface area contributed by atoms with Gasteiger partial charge in [0, 0.05) is 19.2 Å². The van der Waals surface area contributed by atoms with Crippen LogP contribution in [0.15, 0.2) is 0 Å². The maximum atomic E-state index is 12.0. The van der Waals surface area contributed by atoms with Crippen molar-refractivity contribution in [1.29, 1.82) is 0 Å². The molecule has 0 radical (unpaired) electrons. The van der Waals surface area contributed by atoms with Crippen molar-refractivity contribution in [2.24, 2.45) is 0 Å². The first-order chi connectivity index (χ1) is 10.2. The molecule has 2 rings (SSSR count). The van der Waals surface area contributed by atoms with Crippen molar-refractivity contribution < 1.29 is 9.90 Å². The van der Waals surface area contributed by atoms with Gasteiger partial charge < -0.3 is 21.5 Å². The number of unbranched alkanes of at least 4 members (excludes halogenated alkanes) is 3. The summed E-state index contributed by atoms with van der Waals surface area (Å²) in [5, 5.41) is 15.6. The molecule has 0 bridgehead atoms. The molecule has 1 aromatic heterocycles. The molecule has 7 heteroatoms. The number of rotatable bonds is 9. The fourth-order valence-corrected chi connectivity index (χ4v) is 3.03. The minimum absolute atomic E-state index is 0.145. The van der Waals surface area contributed by atoms with Crippen molar-refractivity contribution in [3.63, 3.8) is 0 Å². The molecule has 0 spiro atoms. The van der Waals surface area contributed by atoms with Crippen LogP contribution in [0.25, 0.3) is 0 Å². The third-order valence-electron chi connectivity index (χ3n) is 3.66. The molecule has 1 fully saturated rings. The van der Waals surface area contributed by atoms with Crippen LogP contribution in [0.2, 0.25) is 0 Å². The van der Waals surface area contributed by atoms with Crippen molar-refractivity contribution in [1.82, 2.24) is 10.3 Å². The summed E-state index contributed by atoms with van der Waals surface area (Å²) >= 11 is 1.32. The predicted molar refractivity (Wildman–Crippen MR) is 85.7 cm³/mol. The number of aliphatic hydroxyl groups is 1. The predicted octanol–water partition coefficient (Wildman–Crippen LogP) is 1.97. The van der Waals surface area contributed by atoms with Crippen LogP contribution in [0, 0.1) is 0 Å². The Balaban J connectivity index is 1.73. The van der Waals surface area contributed by atoms with E-state index in [0.29, 0.717) is 23.3 Å². The smallest absolute Gasteiger partial charge is 0.265 e. The minimum atomic E-state index is -0.145. The van der Waals surface area contributed by atoms with E-state index in [0.717, 1.165) is 43.7 Å². The molecule has 6 nitrogen and oxygen atoms in total. The van der Waals surface area contributed by atoms with E-state index in [1.54, 1.807) is 0 Å². The number of amides is 1. The number of carbonyl (C=O) groups excluding carboxylic acids is 1. The second kappa shape index (κ2) is 8.19. The van der Waals surface area contributed by atoms with Crippen LogP contribution in [0.4, 0.5) is 10.9 Å². The van der Waals surface area contributed by atoms with Gasteiger partial charge in [-0.25, -0.2) is 4.98 Å². The number of thiazole rings is 1. The Hall–Kier alpha value is -1.34. The molecule has 21 heavy (non-hydrogen) atoms. The van der Waals surface area contributed by atoms with E-state index in [1.165, 1.54) is 17.8 Å². The first-order valence-electron chi connectivity index (χ1n) is 7.62. The van der Waals surface area contributed by atoms with Crippen molar-refractivity contribution in [2.75, 3.05) is 24.2 Å². The molecular formula is C14H24N4O2S. The van der Waals surface area contributed by atoms with Crippen LogP contribution in [-0.4, -0.2) is 35.2 Å².